The van der Waals surface area contributed by atoms with Crippen LogP contribution < -0.4 is 20.3 Å². The Balaban J connectivity index is 0.975. The Hall–Kier alpha value is -6.99. The first-order valence-electron chi connectivity index (χ1n) is 20.9. The SMILES string of the molecule is C=CCOC(=O)N1c2cc(OCCCC(=O)Nc3cn(C)c(C(=O)Cc4cc(C(=O)Nc5cc(C(=O)O)n(C)c5)n(C)c4)n3)c(C)cc2C(=O)N2CC(=C)C[C@H]2C1OC1CCCCO1. The van der Waals surface area contributed by atoms with Gasteiger partial charge in [0.2, 0.25) is 11.7 Å². The number of ketones is 1. The number of fused-ring (bicyclic) bond motifs is 2. The highest BCUT2D eigenvalue weighted by atomic mass is 16.7. The van der Waals surface area contributed by atoms with E-state index in [9.17, 15) is 33.9 Å². The third-order valence-electron chi connectivity index (χ3n) is 11.2. The molecule has 4 amide bonds. The lowest BCUT2D eigenvalue weighted by Gasteiger charge is -2.38. The molecule has 1 aromatic carbocycles. The maximum atomic E-state index is 14.2. The quantitative estimate of drug-likeness (QED) is 0.0736. The van der Waals surface area contributed by atoms with Crippen molar-refractivity contribution in [2.45, 2.75) is 70.4 Å². The number of carbonyl (C=O) groups excluding carboxylic acids is 5. The number of amides is 4. The van der Waals surface area contributed by atoms with Gasteiger partial charge in [-0.05, 0) is 68.4 Å². The molecule has 3 aliphatic rings. The highest BCUT2D eigenvalue weighted by molar-refractivity contribution is 6.06. The van der Waals surface area contributed by atoms with E-state index in [4.69, 9.17) is 18.9 Å². The van der Waals surface area contributed by atoms with E-state index in [2.05, 4.69) is 28.8 Å². The number of aromatic nitrogens is 4. The Bertz CT molecular complexity index is 2510. The predicted octanol–water partition coefficient (Wildman–Crippen LogP) is 5.36. The summed E-state index contributed by atoms with van der Waals surface area (Å²) >= 11 is 0. The van der Waals surface area contributed by atoms with Crippen LogP contribution in [0.5, 0.6) is 5.75 Å². The molecule has 19 nitrogen and oxygen atoms in total. The predicted molar refractivity (Wildman–Crippen MR) is 233 cm³/mol. The van der Waals surface area contributed by atoms with E-state index in [1.54, 1.807) is 61.9 Å². The van der Waals surface area contributed by atoms with Gasteiger partial charge in [-0.1, -0.05) is 24.8 Å². The number of carboxylic acid groups (broad SMARTS) is 1. The van der Waals surface area contributed by atoms with Gasteiger partial charge in [0.25, 0.3) is 11.8 Å². The number of imidazole rings is 1. The molecule has 0 radical (unpaired) electrons. The fourth-order valence-electron chi connectivity index (χ4n) is 8.17. The number of benzene rings is 1. The molecule has 0 aliphatic carbocycles. The molecule has 6 heterocycles. The van der Waals surface area contributed by atoms with Crippen molar-refractivity contribution >= 4 is 52.8 Å². The molecule has 0 bridgehead atoms. The highest BCUT2D eigenvalue weighted by Crippen LogP contribution is 2.41. The number of nitrogens with zero attached hydrogens (tertiary/aromatic N) is 6. The minimum atomic E-state index is -1.13. The van der Waals surface area contributed by atoms with E-state index in [0.29, 0.717) is 55.0 Å². The zero-order valence-corrected chi connectivity index (χ0v) is 36.3. The van der Waals surface area contributed by atoms with Crippen LogP contribution in [-0.2, 0) is 46.6 Å². The summed E-state index contributed by atoms with van der Waals surface area (Å²) in [5.74, 6) is -1.91. The van der Waals surface area contributed by atoms with Crippen LogP contribution in [0.3, 0.4) is 0 Å². The van der Waals surface area contributed by atoms with E-state index >= 15 is 0 Å². The van der Waals surface area contributed by atoms with Gasteiger partial charge in [-0.15, -0.1) is 0 Å². The number of nitrogens with one attached hydrogen (secondary N) is 2. The van der Waals surface area contributed by atoms with Gasteiger partial charge in [0.15, 0.2) is 24.2 Å². The highest BCUT2D eigenvalue weighted by Gasteiger charge is 2.48. The van der Waals surface area contributed by atoms with Crippen molar-refractivity contribution < 1.29 is 52.8 Å². The lowest BCUT2D eigenvalue weighted by atomic mass is 10.1. The molecule has 338 valence electrons. The number of rotatable bonds is 16. The minimum absolute atomic E-state index is 0.0122. The first-order valence-corrected chi connectivity index (χ1v) is 20.9. The summed E-state index contributed by atoms with van der Waals surface area (Å²) < 4.78 is 28.6. The van der Waals surface area contributed by atoms with Crippen molar-refractivity contribution in [2.75, 3.05) is 41.9 Å². The standard InChI is InChI=1S/C45H52N8O11/c1-7-13-63-45(60)53-31-21-36(27(3)17-30(31)42(57)52-22-26(2)16-33(52)43(53)64-39-12-8-9-14-62-39)61-15-10-11-38(55)47-37-25-51(6)40(48-37)35(54)19-28-18-32(49(4)23-28)41(56)46-29-20-34(44(58)59)50(5)24-29/h7,17-18,20-21,23-25,33,39,43H,1-2,8-16,19,22H2,3-6H3,(H,46,56)(H,47,55)(H,58,59)/t33-,39?,43?/m0/s1. The molecular formula is C45H52N8O11. The summed E-state index contributed by atoms with van der Waals surface area (Å²) in [6.07, 6.45) is 6.98. The normalized spacial score (nSPS) is 18.2. The zero-order valence-electron chi connectivity index (χ0n) is 36.3. The average molecular weight is 881 g/mol. The Labute approximate surface area is 369 Å². The van der Waals surface area contributed by atoms with Crippen LogP contribution in [0.15, 0.2) is 67.7 Å². The van der Waals surface area contributed by atoms with E-state index in [1.165, 1.54) is 38.6 Å². The molecule has 2 saturated heterocycles. The van der Waals surface area contributed by atoms with Crippen molar-refractivity contribution in [1.29, 1.82) is 0 Å². The number of carbonyl (C=O) groups is 6. The number of carboxylic acids is 1. The maximum absolute atomic E-state index is 14.2. The number of aryl methyl sites for hydroxylation is 4. The molecular weight excluding hydrogens is 829 g/mol. The smallest absolute Gasteiger partial charge is 0.416 e. The minimum Gasteiger partial charge on any atom is -0.493 e. The van der Waals surface area contributed by atoms with Crippen LogP contribution >= 0.6 is 0 Å². The van der Waals surface area contributed by atoms with Crippen LogP contribution in [0.2, 0.25) is 0 Å². The monoisotopic (exact) mass is 880 g/mol. The number of ether oxygens (including phenoxy) is 4. The van der Waals surface area contributed by atoms with Gasteiger partial charge >= 0.3 is 12.1 Å². The first kappa shape index (κ1) is 45.0. The molecule has 4 aromatic rings. The molecule has 7 rings (SSSR count). The van der Waals surface area contributed by atoms with Gasteiger partial charge in [-0.3, -0.25) is 19.2 Å². The fourth-order valence-corrected chi connectivity index (χ4v) is 8.17. The van der Waals surface area contributed by atoms with Crippen molar-refractivity contribution in [3.8, 4) is 5.75 Å². The molecule has 2 fully saturated rings. The topological polar surface area (TPSA) is 218 Å². The maximum Gasteiger partial charge on any atom is 0.416 e. The largest absolute Gasteiger partial charge is 0.493 e. The molecule has 3 N–H and O–H groups in total. The van der Waals surface area contributed by atoms with Crippen molar-refractivity contribution in [1.82, 2.24) is 23.6 Å². The van der Waals surface area contributed by atoms with Gasteiger partial charge < -0.3 is 53.3 Å². The van der Waals surface area contributed by atoms with Gasteiger partial charge in [0.1, 0.15) is 23.7 Å². The number of aromatic carboxylic acids is 1. The van der Waals surface area contributed by atoms with Crippen LogP contribution in [0.4, 0.5) is 22.0 Å². The summed E-state index contributed by atoms with van der Waals surface area (Å²) in [5.41, 5.74) is 3.16. The Morgan fingerprint density at radius 1 is 1.00 bits per heavy atom. The van der Waals surface area contributed by atoms with Gasteiger partial charge in [-0.2, -0.15) is 0 Å². The van der Waals surface area contributed by atoms with Crippen molar-refractivity contribution in [2.24, 2.45) is 21.1 Å². The second-order valence-electron chi connectivity index (χ2n) is 16.1. The number of hydrogen-bond acceptors (Lipinski definition) is 11. The third-order valence-corrected chi connectivity index (χ3v) is 11.2. The number of hydrogen-bond donors (Lipinski definition) is 3. The molecule has 64 heavy (non-hydrogen) atoms. The fraction of sp³-hybridized carbons (Fsp3) is 0.400. The van der Waals surface area contributed by atoms with E-state index in [0.717, 1.165) is 18.4 Å². The lowest BCUT2D eigenvalue weighted by molar-refractivity contribution is -0.195. The average Bonchev–Trinajstić information content (AvgIpc) is 4.02. The molecule has 0 saturated carbocycles. The summed E-state index contributed by atoms with van der Waals surface area (Å²) in [5, 5.41) is 14.7. The van der Waals surface area contributed by atoms with E-state index < -0.39 is 36.5 Å². The van der Waals surface area contributed by atoms with Crippen molar-refractivity contribution in [3.05, 3.63) is 102 Å². The molecule has 2 unspecified atom stereocenters. The summed E-state index contributed by atoms with van der Waals surface area (Å²) in [7, 11) is 4.85. The number of Topliss-reactive ketones (excluding diaryl/α,β-unsaturated/α-hetero) is 1. The Morgan fingerprint density at radius 3 is 2.50 bits per heavy atom. The van der Waals surface area contributed by atoms with Gasteiger partial charge in [0, 0.05) is 71.8 Å². The molecule has 0 spiro atoms. The van der Waals surface area contributed by atoms with E-state index in [1.807, 2.05) is 0 Å². The van der Waals surface area contributed by atoms with Gasteiger partial charge in [0.05, 0.1) is 29.6 Å². The second kappa shape index (κ2) is 19.2. The third kappa shape index (κ3) is 9.79. The van der Waals surface area contributed by atoms with Crippen molar-refractivity contribution in [3.63, 3.8) is 0 Å². The number of anilines is 3. The first-order chi connectivity index (χ1) is 30.6. The van der Waals surface area contributed by atoms with Crippen LogP contribution in [0.1, 0.15) is 91.6 Å². The zero-order chi connectivity index (χ0) is 45.8. The van der Waals surface area contributed by atoms with Crippen LogP contribution in [0, 0.1) is 6.92 Å². The Kier molecular flexibility index (Phi) is 13.5. The molecule has 3 aliphatic heterocycles. The molecule has 3 atom stereocenters. The summed E-state index contributed by atoms with van der Waals surface area (Å²) in [6.45, 7) is 10.5. The van der Waals surface area contributed by atoms with E-state index in [-0.39, 0.29) is 77.9 Å². The molecule has 19 heteroatoms. The molecule has 3 aromatic heterocycles. The second-order valence-corrected chi connectivity index (χ2v) is 16.1. The van der Waals surface area contributed by atoms with Crippen LogP contribution in [0.25, 0.3) is 0 Å². The summed E-state index contributed by atoms with van der Waals surface area (Å²) in [4.78, 5) is 86.2. The van der Waals surface area contributed by atoms with Crippen LogP contribution in [-0.4, -0.2) is 109 Å². The lowest BCUT2D eigenvalue weighted by Crippen LogP contribution is -2.54. The Morgan fingerprint density at radius 2 is 1.78 bits per heavy atom. The summed E-state index contributed by atoms with van der Waals surface area (Å²) in [6, 6.07) is 5.70. The van der Waals surface area contributed by atoms with Gasteiger partial charge in [-0.25, -0.2) is 19.5 Å².